The fraction of sp³-hybridized carbons (Fsp3) is 0.467. The number of rotatable bonds is 4. The fourth-order valence-electron chi connectivity index (χ4n) is 2.18. The first-order valence-electron chi connectivity index (χ1n) is 7.21. The van der Waals surface area contributed by atoms with Gasteiger partial charge in [-0.05, 0) is 53.3 Å². The average Bonchev–Trinajstić information content (AvgIpc) is 2.51. The van der Waals surface area contributed by atoms with E-state index < -0.39 is 11.8 Å². The van der Waals surface area contributed by atoms with E-state index in [1.807, 2.05) is 19.1 Å². The van der Waals surface area contributed by atoms with Crippen LogP contribution in [0.4, 0.5) is 5.69 Å². The highest BCUT2D eigenvalue weighted by Gasteiger charge is 2.15. The van der Waals surface area contributed by atoms with Gasteiger partial charge in [-0.25, -0.2) is 0 Å². The van der Waals surface area contributed by atoms with E-state index in [2.05, 4.69) is 38.1 Å². The molecular weight excluding hydrogens is 397 g/mol. The van der Waals surface area contributed by atoms with Crippen molar-refractivity contribution in [3.63, 3.8) is 0 Å². The molecular formula is C15H20IN3O3. The van der Waals surface area contributed by atoms with Crippen molar-refractivity contribution in [2.24, 2.45) is 0 Å². The highest BCUT2D eigenvalue weighted by atomic mass is 127. The zero-order valence-corrected chi connectivity index (χ0v) is 14.7. The van der Waals surface area contributed by atoms with Gasteiger partial charge in [0.05, 0.1) is 13.2 Å². The highest BCUT2D eigenvalue weighted by Crippen LogP contribution is 2.17. The van der Waals surface area contributed by atoms with Crippen LogP contribution >= 0.6 is 22.6 Å². The fourth-order valence-corrected chi connectivity index (χ4v) is 2.83. The lowest BCUT2D eigenvalue weighted by Crippen LogP contribution is -2.43. The predicted molar refractivity (Wildman–Crippen MR) is 92.8 cm³/mol. The monoisotopic (exact) mass is 417 g/mol. The van der Waals surface area contributed by atoms with Crippen molar-refractivity contribution in [3.8, 4) is 0 Å². The van der Waals surface area contributed by atoms with Gasteiger partial charge < -0.3 is 15.4 Å². The molecule has 22 heavy (non-hydrogen) atoms. The molecule has 0 unspecified atom stereocenters. The number of morpholine rings is 1. The Labute approximate surface area is 143 Å². The molecule has 6 nitrogen and oxygen atoms in total. The number of halogens is 1. The van der Waals surface area contributed by atoms with Gasteiger partial charge in [-0.15, -0.1) is 0 Å². The van der Waals surface area contributed by atoms with Crippen molar-refractivity contribution in [2.45, 2.75) is 6.92 Å². The van der Waals surface area contributed by atoms with E-state index in [0.29, 0.717) is 12.2 Å². The van der Waals surface area contributed by atoms with Crippen LogP contribution in [0.2, 0.25) is 0 Å². The van der Waals surface area contributed by atoms with Gasteiger partial charge in [-0.2, -0.15) is 0 Å². The number of carbonyl (C=O) groups excluding carboxylic acids is 2. The number of aryl methyl sites for hydroxylation is 1. The number of amides is 2. The molecule has 1 aliphatic rings. The minimum Gasteiger partial charge on any atom is -0.379 e. The summed E-state index contributed by atoms with van der Waals surface area (Å²) in [4.78, 5) is 25.9. The summed E-state index contributed by atoms with van der Waals surface area (Å²) in [5.74, 6) is -1.24. The second-order valence-corrected chi connectivity index (χ2v) is 6.37. The molecule has 1 heterocycles. The quantitative estimate of drug-likeness (QED) is 0.567. The van der Waals surface area contributed by atoms with Gasteiger partial charge in [0.25, 0.3) is 0 Å². The third-order valence-electron chi connectivity index (χ3n) is 3.46. The summed E-state index contributed by atoms with van der Waals surface area (Å²) in [6.45, 7) is 6.26. The Balaban J connectivity index is 1.75. The molecule has 1 aliphatic heterocycles. The number of nitrogens with one attached hydrogen (secondary N) is 2. The summed E-state index contributed by atoms with van der Waals surface area (Å²) >= 11 is 2.20. The number of carbonyl (C=O) groups is 2. The maximum atomic E-state index is 11.9. The minimum absolute atomic E-state index is 0.456. The Bertz CT molecular complexity index is 545. The zero-order chi connectivity index (χ0) is 15.9. The first kappa shape index (κ1) is 17.2. The number of hydrogen-bond donors (Lipinski definition) is 2. The van der Waals surface area contributed by atoms with Crippen LogP contribution in [0.5, 0.6) is 0 Å². The average molecular weight is 417 g/mol. The summed E-state index contributed by atoms with van der Waals surface area (Å²) in [5, 5.41) is 5.28. The van der Waals surface area contributed by atoms with Gasteiger partial charge in [0, 0.05) is 35.4 Å². The number of ether oxygens (including phenoxy) is 1. The molecule has 0 aliphatic carbocycles. The SMILES string of the molecule is Cc1cc(I)ccc1NC(=O)C(=O)NCCN1CCOCC1. The lowest BCUT2D eigenvalue weighted by atomic mass is 10.2. The molecule has 0 bridgehead atoms. The number of anilines is 1. The number of benzene rings is 1. The van der Waals surface area contributed by atoms with Crippen LogP contribution in [0.15, 0.2) is 18.2 Å². The predicted octanol–water partition coefficient (Wildman–Crippen LogP) is 0.987. The van der Waals surface area contributed by atoms with Gasteiger partial charge in [0.2, 0.25) is 0 Å². The molecule has 2 amide bonds. The molecule has 7 heteroatoms. The lowest BCUT2D eigenvalue weighted by molar-refractivity contribution is -0.136. The topological polar surface area (TPSA) is 70.7 Å². The second kappa shape index (κ2) is 8.44. The molecule has 1 aromatic rings. The molecule has 0 spiro atoms. The van der Waals surface area contributed by atoms with Crippen LogP contribution in [0.1, 0.15) is 5.56 Å². The van der Waals surface area contributed by atoms with Crippen molar-refractivity contribution in [1.82, 2.24) is 10.2 Å². The van der Waals surface area contributed by atoms with E-state index in [0.717, 1.165) is 42.0 Å². The van der Waals surface area contributed by atoms with Crippen LogP contribution < -0.4 is 10.6 Å². The Kier molecular flexibility index (Phi) is 6.59. The Morgan fingerprint density at radius 1 is 1.27 bits per heavy atom. The summed E-state index contributed by atoms with van der Waals surface area (Å²) < 4.78 is 6.34. The van der Waals surface area contributed by atoms with Crippen LogP contribution in [0.25, 0.3) is 0 Å². The molecule has 2 N–H and O–H groups in total. The zero-order valence-electron chi connectivity index (χ0n) is 12.5. The van der Waals surface area contributed by atoms with Crippen molar-refractivity contribution in [1.29, 1.82) is 0 Å². The summed E-state index contributed by atoms with van der Waals surface area (Å²) in [7, 11) is 0. The van der Waals surface area contributed by atoms with Crippen LogP contribution in [0, 0.1) is 10.5 Å². The van der Waals surface area contributed by atoms with Crippen molar-refractivity contribution >= 4 is 40.1 Å². The van der Waals surface area contributed by atoms with Crippen molar-refractivity contribution in [3.05, 3.63) is 27.3 Å². The third-order valence-corrected chi connectivity index (χ3v) is 4.13. The summed E-state index contributed by atoms with van der Waals surface area (Å²) in [5.41, 5.74) is 1.59. The normalized spacial score (nSPS) is 15.4. The molecule has 1 saturated heterocycles. The van der Waals surface area contributed by atoms with E-state index in [4.69, 9.17) is 4.74 Å². The molecule has 120 valence electrons. The van der Waals surface area contributed by atoms with Crippen LogP contribution in [0.3, 0.4) is 0 Å². The lowest BCUT2D eigenvalue weighted by Gasteiger charge is -2.26. The van der Waals surface area contributed by atoms with Crippen molar-refractivity contribution in [2.75, 3.05) is 44.7 Å². The Hall–Kier alpha value is -1.19. The Morgan fingerprint density at radius 2 is 2.00 bits per heavy atom. The molecule has 1 fully saturated rings. The first-order valence-corrected chi connectivity index (χ1v) is 8.29. The Morgan fingerprint density at radius 3 is 2.68 bits per heavy atom. The number of hydrogen-bond acceptors (Lipinski definition) is 4. The van der Waals surface area contributed by atoms with E-state index >= 15 is 0 Å². The van der Waals surface area contributed by atoms with E-state index in [1.165, 1.54) is 0 Å². The minimum atomic E-state index is -0.633. The van der Waals surface area contributed by atoms with Crippen LogP contribution in [-0.4, -0.2) is 56.1 Å². The summed E-state index contributed by atoms with van der Waals surface area (Å²) in [6.07, 6.45) is 0. The van der Waals surface area contributed by atoms with Crippen LogP contribution in [-0.2, 0) is 14.3 Å². The standard InChI is InChI=1S/C15H20IN3O3/c1-11-10-12(16)2-3-13(11)18-15(21)14(20)17-4-5-19-6-8-22-9-7-19/h2-3,10H,4-9H2,1H3,(H,17,20)(H,18,21). The van der Waals surface area contributed by atoms with Gasteiger partial charge >= 0.3 is 11.8 Å². The maximum absolute atomic E-state index is 11.9. The molecule has 0 radical (unpaired) electrons. The van der Waals surface area contributed by atoms with E-state index in [-0.39, 0.29) is 0 Å². The molecule has 1 aromatic carbocycles. The first-order chi connectivity index (χ1) is 10.6. The smallest absolute Gasteiger partial charge is 0.313 e. The van der Waals surface area contributed by atoms with E-state index in [9.17, 15) is 9.59 Å². The number of nitrogens with zero attached hydrogens (tertiary/aromatic N) is 1. The summed E-state index contributed by atoms with van der Waals surface area (Å²) in [6, 6.07) is 5.64. The molecule has 0 saturated carbocycles. The van der Waals surface area contributed by atoms with Gasteiger partial charge in [0.15, 0.2) is 0 Å². The molecule has 2 rings (SSSR count). The maximum Gasteiger partial charge on any atom is 0.313 e. The second-order valence-electron chi connectivity index (χ2n) is 5.12. The van der Waals surface area contributed by atoms with Gasteiger partial charge in [-0.1, -0.05) is 0 Å². The van der Waals surface area contributed by atoms with Gasteiger partial charge in [-0.3, -0.25) is 14.5 Å². The van der Waals surface area contributed by atoms with Crippen molar-refractivity contribution < 1.29 is 14.3 Å². The molecule has 0 atom stereocenters. The highest BCUT2D eigenvalue weighted by molar-refractivity contribution is 14.1. The largest absolute Gasteiger partial charge is 0.379 e. The molecule has 0 aromatic heterocycles. The third kappa shape index (κ3) is 5.22. The van der Waals surface area contributed by atoms with E-state index in [1.54, 1.807) is 6.07 Å². The van der Waals surface area contributed by atoms with Gasteiger partial charge in [0.1, 0.15) is 0 Å².